The van der Waals surface area contributed by atoms with Crippen molar-refractivity contribution in [1.82, 2.24) is 5.32 Å². The van der Waals surface area contributed by atoms with E-state index < -0.39 is 5.97 Å². The Kier molecular flexibility index (Phi) is 3.71. The zero-order valence-electron chi connectivity index (χ0n) is 11.0. The van der Waals surface area contributed by atoms with Crippen molar-refractivity contribution in [3.63, 3.8) is 0 Å². The van der Waals surface area contributed by atoms with E-state index in [1.54, 1.807) is 24.1 Å². The van der Waals surface area contributed by atoms with Gasteiger partial charge < -0.3 is 20.2 Å². The highest BCUT2D eigenvalue weighted by molar-refractivity contribution is 6.04. The van der Waals surface area contributed by atoms with E-state index in [2.05, 4.69) is 5.32 Å². The number of carbonyl (C=O) groups excluding carboxylic acids is 1. The van der Waals surface area contributed by atoms with Crippen LogP contribution in [-0.4, -0.2) is 50.7 Å². The summed E-state index contributed by atoms with van der Waals surface area (Å²) in [5, 5.41) is 12.1. The van der Waals surface area contributed by atoms with Gasteiger partial charge in [-0.25, -0.2) is 4.79 Å². The van der Waals surface area contributed by atoms with Crippen LogP contribution in [0.5, 0.6) is 0 Å². The molecule has 1 aliphatic heterocycles. The van der Waals surface area contributed by atoms with Gasteiger partial charge in [0, 0.05) is 20.1 Å². The number of benzene rings is 1. The zero-order chi connectivity index (χ0) is 14.0. The van der Waals surface area contributed by atoms with Gasteiger partial charge in [0.1, 0.15) is 0 Å². The largest absolute Gasteiger partial charge is 0.478 e. The summed E-state index contributed by atoms with van der Waals surface area (Å²) in [6, 6.07) is 4.82. The van der Waals surface area contributed by atoms with Crippen LogP contribution in [-0.2, 0) is 4.79 Å². The molecule has 0 radical (unpaired) electrons. The van der Waals surface area contributed by atoms with Crippen molar-refractivity contribution in [3.05, 3.63) is 23.8 Å². The topological polar surface area (TPSA) is 72.9 Å². The normalized spacial score (nSPS) is 14.5. The number of hydrogen-bond donors (Lipinski definition) is 2. The molecule has 1 aromatic rings. The fourth-order valence-electron chi connectivity index (χ4n) is 2.13. The van der Waals surface area contributed by atoms with Gasteiger partial charge in [0.25, 0.3) is 0 Å². The van der Waals surface area contributed by atoms with Crippen molar-refractivity contribution in [1.29, 1.82) is 0 Å². The molecule has 6 nitrogen and oxygen atoms in total. The van der Waals surface area contributed by atoms with Gasteiger partial charge >= 0.3 is 5.97 Å². The predicted octanol–water partition coefficient (Wildman–Crippen LogP) is 0.387. The number of carbonyl (C=O) groups is 2. The standard InChI is InChI=1S/C13H17N3O3/c1-14-5-6-16-8-12(17)15(2)10-4-3-9(13(18)19)7-11(10)16/h3-4,7,14H,5-6,8H2,1-2H3,(H,18,19). The minimum atomic E-state index is -0.962. The predicted molar refractivity (Wildman–Crippen MR) is 73.0 cm³/mol. The summed E-state index contributed by atoms with van der Waals surface area (Å²) in [5.41, 5.74) is 1.77. The molecule has 1 aromatic carbocycles. The SMILES string of the molecule is CNCCN1CC(=O)N(C)c2ccc(C(=O)O)cc21. The van der Waals surface area contributed by atoms with E-state index in [0.29, 0.717) is 6.54 Å². The Morgan fingerprint density at radius 1 is 1.42 bits per heavy atom. The van der Waals surface area contributed by atoms with Crippen LogP contribution in [0.15, 0.2) is 18.2 Å². The fraction of sp³-hybridized carbons (Fsp3) is 0.385. The van der Waals surface area contributed by atoms with E-state index in [-0.39, 0.29) is 18.0 Å². The van der Waals surface area contributed by atoms with Gasteiger partial charge in [0.15, 0.2) is 0 Å². The molecule has 0 bridgehead atoms. The maximum absolute atomic E-state index is 11.9. The molecular weight excluding hydrogens is 246 g/mol. The lowest BCUT2D eigenvalue weighted by molar-refractivity contribution is -0.117. The summed E-state index contributed by atoms with van der Waals surface area (Å²) >= 11 is 0. The molecule has 19 heavy (non-hydrogen) atoms. The van der Waals surface area contributed by atoms with Gasteiger partial charge in [-0.15, -0.1) is 0 Å². The van der Waals surface area contributed by atoms with Crippen LogP contribution < -0.4 is 15.1 Å². The second kappa shape index (κ2) is 5.27. The van der Waals surface area contributed by atoms with Crippen LogP contribution in [0.25, 0.3) is 0 Å². The molecule has 0 fully saturated rings. The highest BCUT2D eigenvalue weighted by atomic mass is 16.4. The molecule has 0 atom stereocenters. The molecule has 0 aromatic heterocycles. The van der Waals surface area contributed by atoms with Crippen LogP contribution in [0.3, 0.4) is 0 Å². The number of carboxylic acid groups (broad SMARTS) is 1. The lowest BCUT2D eigenvalue weighted by Crippen LogP contribution is -2.45. The number of anilines is 2. The number of amides is 1. The van der Waals surface area contributed by atoms with Crippen molar-refractivity contribution >= 4 is 23.3 Å². The molecule has 1 amide bonds. The average Bonchev–Trinajstić information content (AvgIpc) is 2.40. The lowest BCUT2D eigenvalue weighted by Gasteiger charge is -2.35. The number of nitrogens with one attached hydrogen (secondary N) is 1. The lowest BCUT2D eigenvalue weighted by atomic mass is 10.1. The first-order valence-corrected chi connectivity index (χ1v) is 6.08. The third-order valence-corrected chi connectivity index (χ3v) is 3.26. The number of rotatable bonds is 4. The maximum atomic E-state index is 11.9. The van der Waals surface area contributed by atoms with Gasteiger partial charge in [-0.05, 0) is 25.2 Å². The molecule has 0 aliphatic carbocycles. The Bertz CT molecular complexity index is 516. The highest BCUT2D eigenvalue weighted by Crippen LogP contribution is 2.33. The van der Waals surface area contributed by atoms with Crippen LogP contribution >= 0.6 is 0 Å². The maximum Gasteiger partial charge on any atom is 0.335 e. The van der Waals surface area contributed by atoms with Gasteiger partial charge in [-0.2, -0.15) is 0 Å². The Morgan fingerprint density at radius 3 is 2.79 bits per heavy atom. The average molecular weight is 263 g/mol. The van der Waals surface area contributed by atoms with E-state index in [1.807, 2.05) is 11.9 Å². The second-order valence-corrected chi connectivity index (χ2v) is 4.49. The number of fused-ring (bicyclic) bond motifs is 1. The Hall–Kier alpha value is -2.08. The van der Waals surface area contributed by atoms with Crippen molar-refractivity contribution < 1.29 is 14.7 Å². The van der Waals surface area contributed by atoms with Crippen molar-refractivity contribution in [2.24, 2.45) is 0 Å². The summed E-state index contributed by atoms with van der Waals surface area (Å²) < 4.78 is 0. The van der Waals surface area contributed by atoms with Gasteiger partial charge in [0.05, 0.1) is 23.5 Å². The van der Waals surface area contributed by atoms with E-state index in [9.17, 15) is 9.59 Å². The van der Waals surface area contributed by atoms with E-state index in [0.717, 1.165) is 17.9 Å². The van der Waals surface area contributed by atoms with Gasteiger partial charge in [-0.3, -0.25) is 4.79 Å². The van der Waals surface area contributed by atoms with Crippen molar-refractivity contribution in [2.45, 2.75) is 0 Å². The first kappa shape index (κ1) is 13.4. The first-order valence-electron chi connectivity index (χ1n) is 6.08. The smallest absolute Gasteiger partial charge is 0.335 e. The fourth-order valence-corrected chi connectivity index (χ4v) is 2.13. The van der Waals surface area contributed by atoms with Crippen LogP contribution in [0, 0.1) is 0 Å². The van der Waals surface area contributed by atoms with Gasteiger partial charge in [0.2, 0.25) is 5.91 Å². The zero-order valence-corrected chi connectivity index (χ0v) is 11.0. The Balaban J connectivity index is 2.41. The van der Waals surface area contributed by atoms with Crippen LogP contribution in [0.2, 0.25) is 0 Å². The molecule has 0 saturated heterocycles. The molecule has 1 heterocycles. The minimum Gasteiger partial charge on any atom is -0.478 e. The van der Waals surface area contributed by atoms with Crippen LogP contribution in [0.1, 0.15) is 10.4 Å². The van der Waals surface area contributed by atoms with Gasteiger partial charge in [-0.1, -0.05) is 0 Å². The molecule has 0 saturated carbocycles. The first-order chi connectivity index (χ1) is 9.04. The van der Waals surface area contributed by atoms with Crippen molar-refractivity contribution in [3.8, 4) is 0 Å². The second-order valence-electron chi connectivity index (χ2n) is 4.49. The summed E-state index contributed by atoms with van der Waals surface area (Å²) in [4.78, 5) is 26.4. The third kappa shape index (κ3) is 2.53. The number of nitrogens with zero attached hydrogens (tertiary/aromatic N) is 2. The van der Waals surface area contributed by atoms with Crippen LogP contribution in [0.4, 0.5) is 11.4 Å². The molecule has 0 spiro atoms. The quantitative estimate of drug-likeness (QED) is 0.822. The molecule has 1 aliphatic rings. The monoisotopic (exact) mass is 263 g/mol. The molecule has 0 unspecified atom stereocenters. The molecule has 2 rings (SSSR count). The summed E-state index contributed by atoms with van der Waals surface area (Å²) in [5.74, 6) is -0.956. The Morgan fingerprint density at radius 2 is 2.16 bits per heavy atom. The number of aromatic carboxylic acids is 1. The van der Waals surface area contributed by atoms with E-state index >= 15 is 0 Å². The summed E-state index contributed by atoms with van der Waals surface area (Å²) in [6.45, 7) is 1.66. The summed E-state index contributed by atoms with van der Waals surface area (Å²) in [6.07, 6.45) is 0. The van der Waals surface area contributed by atoms with E-state index in [1.165, 1.54) is 6.07 Å². The number of hydrogen-bond acceptors (Lipinski definition) is 4. The minimum absolute atomic E-state index is 0.00618. The molecular formula is C13H17N3O3. The Labute approximate surface area is 111 Å². The third-order valence-electron chi connectivity index (χ3n) is 3.26. The molecule has 2 N–H and O–H groups in total. The number of carboxylic acids is 1. The van der Waals surface area contributed by atoms with Crippen molar-refractivity contribution in [2.75, 3.05) is 43.5 Å². The molecule has 6 heteroatoms. The van der Waals surface area contributed by atoms with E-state index in [4.69, 9.17) is 5.11 Å². The molecule has 102 valence electrons. The number of likely N-dealkylation sites (N-methyl/N-ethyl adjacent to an activating group) is 2. The highest BCUT2D eigenvalue weighted by Gasteiger charge is 2.27. The summed E-state index contributed by atoms with van der Waals surface area (Å²) in [7, 11) is 3.55.